The van der Waals surface area contributed by atoms with Crippen LogP contribution in [-0.2, 0) is 49.6 Å². The molecule has 508 valence electrons. The number of fused-ring (bicyclic) bond motifs is 1. The molecule has 0 aliphatic heterocycles. The molecule has 0 unspecified atom stereocenters. The van der Waals surface area contributed by atoms with Crippen molar-refractivity contribution in [2.24, 2.45) is 106 Å². The van der Waals surface area contributed by atoms with Gasteiger partial charge >= 0.3 is 5.97 Å². The maximum Gasteiger partial charge on any atom is 0.326 e. The summed E-state index contributed by atoms with van der Waals surface area (Å²) in [5, 5.41) is 32.1. The Morgan fingerprint density at radius 2 is 0.703 bits per heavy atom. The molecule has 2 rings (SSSR count). The van der Waals surface area contributed by atoms with Crippen molar-refractivity contribution >= 4 is 93.9 Å². The summed E-state index contributed by atoms with van der Waals surface area (Å²) in [4.78, 5) is 149. The van der Waals surface area contributed by atoms with Gasteiger partial charge in [-0.25, -0.2) is 4.79 Å². The molecule has 0 bridgehead atoms. The molecule has 0 spiro atoms. The first-order valence-corrected chi connectivity index (χ1v) is 30.1. The first-order valence-electron chi connectivity index (χ1n) is 30.1. The summed E-state index contributed by atoms with van der Waals surface area (Å²) in [6.45, 7) is 10.3. The fourth-order valence-corrected chi connectivity index (χ4v) is 9.16. The van der Waals surface area contributed by atoms with E-state index in [9.17, 15) is 48.3 Å². The highest BCUT2D eigenvalue weighted by Crippen LogP contribution is 2.20. The third-order valence-corrected chi connectivity index (χ3v) is 14.1. The Labute approximate surface area is 529 Å². The van der Waals surface area contributed by atoms with Gasteiger partial charge in [0.25, 0.3) is 0 Å². The minimum absolute atomic E-state index is 0.00620. The Hall–Kier alpha value is -9.70. The summed E-state index contributed by atoms with van der Waals surface area (Å²) < 4.78 is 0. The lowest BCUT2D eigenvalue weighted by Crippen LogP contribution is -2.61. The normalized spacial score (nSPS) is 14.0. The third kappa shape index (κ3) is 29.4. The van der Waals surface area contributed by atoms with Crippen molar-refractivity contribution in [3.05, 3.63) is 36.0 Å². The minimum Gasteiger partial charge on any atom is -0.480 e. The van der Waals surface area contributed by atoms with Gasteiger partial charge in [-0.2, -0.15) is 0 Å². The summed E-state index contributed by atoms with van der Waals surface area (Å²) in [5.74, 6) is -10.6. The zero-order valence-corrected chi connectivity index (χ0v) is 52.8. The fourth-order valence-electron chi connectivity index (χ4n) is 9.16. The number of para-hydroxylation sites is 1. The van der Waals surface area contributed by atoms with Crippen LogP contribution >= 0.6 is 0 Å². The molecular weight excluding hydrogens is 1180 g/mol. The zero-order chi connectivity index (χ0) is 68.5. The van der Waals surface area contributed by atoms with E-state index in [-0.39, 0.29) is 127 Å². The van der Waals surface area contributed by atoms with E-state index in [1.807, 2.05) is 0 Å². The molecule has 2 aromatic rings. The van der Waals surface area contributed by atoms with Crippen molar-refractivity contribution in [1.82, 2.24) is 47.5 Å². The number of benzene rings is 1. The molecule has 0 fully saturated rings. The number of amides is 8. The van der Waals surface area contributed by atoms with Crippen molar-refractivity contribution in [1.29, 1.82) is 0 Å². The van der Waals surface area contributed by atoms with Crippen LogP contribution in [0.4, 0.5) is 0 Å². The highest BCUT2D eigenvalue weighted by Gasteiger charge is 2.37. The predicted molar refractivity (Wildman–Crippen MR) is 347 cm³/mol. The van der Waals surface area contributed by atoms with Gasteiger partial charge in [0, 0.05) is 56.2 Å². The lowest BCUT2D eigenvalue weighted by atomic mass is 9.98. The lowest BCUT2D eigenvalue weighted by molar-refractivity contribution is -0.142. The van der Waals surface area contributed by atoms with Gasteiger partial charge in [0.05, 0.1) is 6.04 Å². The van der Waals surface area contributed by atoms with Crippen LogP contribution in [0.2, 0.25) is 0 Å². The Balaban J connectivity index is 2.63. The Kier molecular flexibility index (Phi) is 34.1. The van der Waals surface area contributed by atoms with Crippen molar-refractivity contribution in [3.8, 4) is 0 Å². The molecule has 0 aliphatic rings. The van der Waals surface area contributed by atoms with Crippen LogP contribution < -0.4 is 106 Å². The number of nitrogens with zero attached hydrogens (tertiary/aromatic N) is 5. The number of H-pyrrole nitrogens is 1. The van der Waals surface area contributed by atoms with Crippen LogP contribution in [0.3, 0.4) is 0 Å². The van der Waals surface area contributed by atoms with Gasteiger partial charge in [0.2, 0.25) is 47.3 Å². The number of nitrogens with two attached hydrogens (primary N) is 11. The smallest absolute Gasteiger partial charge is 0.326 e. The molecule has 1 heterocycles. The Bertz CT molecular complexity index is 2870. The number of hydrogen-bond donors (Lipinski definition) is 21. The van der Waals surface area contributed by atoms with Crippen LogP contribution in [-0.4, -0.2) is 180 Å². The van der Waals surface area contributed by atoms with E-state index in [1.165, 1.54) is 0 Å². The molecule has 8 amide bonds. The van der Waals surface area contributed by atoms with Gasteiger partial charge in [-0.1, -0.05) is 59.7 Å². The van der Waals surface area contributed by atoms with Crippen LogP contribution in [0.1, 0.15) is 111 Å². The van der Waals surface area contributed by atoms with Crippen LogP contribution in [0.15, 0.2) is 55.4 Å². The van der Waals surface area contributed by atoms with E-state index in [4.69, 9.17) is 63.1 Å². The van der Waals surface area contributed by atoms with Gasteiger partial charge in [-0.05, 0) is 93.6 Å². The van der Waals surface area contributed by atoms with E-state index < -0.39 is 125 Å². The van der Waals surface area contributed by atoms with Gasteiger partial charge in [0.15, 0.2) is 29.8 Å². The fraction of sp³-hybridized carbons (Fsp3) is 0.607. The molecule has 35 heteroatoms. The average molecular weight is 1280 g/mol. The summed E-state index contributed by atoms with van der Waals surface area (Å²) in [5.41, 5.74) is 62.4. The minimum atomic E-state index is -1.48. The number of carbonyl (C=O) groups is 9. The van der Waals surface area contributed by atoms with E-state index in [1.54, 1.807) is 72.0 Å². The van der Waals surface area contributed by atoms with Gasteiger partial charge in [-0.3, -0.25) is 63.3 Å². The summed E-state index contributed by atoms with van der Waals surface area (Å²) in [6, 6.07) is -4.83. The van der Waals surface area contributed by atoms with E-state index >= 15 is 0 Å². The molecule has 35 nitrogen and oxygen atoms in total. The van der Waals surface area contributed by atoms with Crippen LogP contribution in [0, 0.1) is 17.8 Å². The summed E-state index contributed by atoms with van der Waals surface area (Å²) >= 11 is 0. The summed E-state index contributed by atoms with van der Waals surface area (Å²) in [6.07, 6.45) is 2.16. The number of nitrogens with one attached hydrogen (secondary N) is 9. The third-order valence-electron chi connectivity index (χ3n) is 14.1. The molecule has 9 atom stereocenters. The average Bonchev–Trinajstić information content (AvgIpc) is 1.80. The number of carbonyl (C=O) groups excluding carboxylic acids is 8. The lowest BCUT2D eigenvalue weighted by Gasteiger charge is -2.30. The second kappa shape index (κ2) is 40.0. The zero-order valence-electron chi connectivity index (χ0n) is 52.8. The van der Waals surface area contributed by atoms with Gasteiger partial charge in [-0.15, -0.1) is 0 Å². The van der Waals surface area contributed by atoms with E-state index in [2.05, 4.69) is 72.5 Å². The molecule has 0 aliphatic carbocycles. The predicted octanol–water partition coefficient (Wildman–Crippen LogP) is -5.76. The Morgan fingerprint density at radius 3 is 1.08 bits per heavy atom. The van der Waals surface area contributed by atoms with Crippen LogP contribution in [0.25, 0.3) is 10.9 Å². The quantitative estimate of drug-likeness (QED) is 0.0167. The first kappa shape index (κ1) is 77.4. The number of aliphatic imine (C=N–C) groups is 5. The highest BCUT2D eigenvalue weighted by atomic mass is 16.4. The molecular formula is C56H99N25O10. The SMILES string of the molecule is CC(C)[C@H](NC(=O)[C@H](Cc1c[nH]c2ccccc12)NC(=O)[C@H](CCCN=C(N)N)NC(=O)[C@H](CCCN=C(N)N)NC(=O)[C@@H](NC(=O)[C@@H](NC(=O)[C@@H](N)CCCN=C(N)N)C(C)C)C(C)C)C(=O)N[C@@H](CCCN=C(N)N)C(=O)N[C@@H](CCCN=C(N)N)C(=O)O. The van der Waals surface area contributed by atoms with Crippen molar-refractivity contribution in [3.63, 3.8) is 0 Å². The second-order valence-corrected chi connectivity index (χ2v) is 22.7. The molecule has 91 heavy (non-hydrogen) atoms. The monoisotopic (exact) mass is 1280 g/mol. The number of aromatic amines is 1. The first-order chi connectivity index (χ1) is 42.8. The number of hydrogen-bond acceptors (Lipinski definition) is 15. The second-order valence-electron chi connectivity index (χ2n) is 22.7. The number of aliphatic carboxylic acids is 1. The maximum atomic E-state index is 14.9. The maximum absolute atomic E-state index is 14.9. The number of aromatic nitrogens is 1. The van der Waals surface area contributed by atoms with Crippen LogP contribution in [0.5, 0.6) is 0 Å². The van der Waals surface area contributed by atoms with E-state index in [0.717, 1.165) is 0 Å². The van der Waals surface area contributed by atoms with Crippen molar-refractivity contribution in [2.45, 2.75) is 167 Å². The number of carboxylic acid groups (broad SMARTS) is 1. The van der Waals surface area contributed by atoms with Crippen molar-refractivity contribution in [2.75, 3.05) is 32.7 Å². The standard InChI is InChI=1S/C56H99N25O10/c1-28(2)40(48(87)76-37(19-12-24-71-55(64)65)45(84)77-38(51(90)91)20-13-25-72-56(66)67)80-47(86)39(26-31-27-73-34-16-8-7-14-32(31)34)78-46(85)35(17-10-22-69-53(60)61)74-44(83)36(18-11-23-70-54(62)63)75-49(88)41(29(3)4)81-50(89)42(30(5)6)79-43(82)33(57)15-9-21-68-52(58)59/h7-8,14,16,27-30,33,35-42,73H,9-13,15,17-26,57H2,1-6H3,(H,74,83)(H,75,88)(H,76,87)(H,77,84)(H,78,85)(H,79,82)(H,80,86)(H,81,89)(H,90,91)(H4,58,59,68)(H4,60,61,69)(H4,62,63,70)(H4,64,65,71)(H4,66,67,72)/t33-,35-,36-,37-,38-,39-,40-,41-,42-/m0/s1. The topological polar surface area (TPSA) is 634 Å². The van der Waals surface area contributed by atoms with Gasteiger partial charge in [0.1, 0.15) is 48.3 Å². The van der Waals surface area contributed by atoms with E-state index in [0.29, 0.717) is 22.9 Å². The highest BCUT2D eigenvalue weighted by molar-refractivity contribution is 5.99. The molecule has 1 aromatic heterocycles. The largest absolute Gasteiger partial charge is 0.480 e. The molecule has 0 saturated heterocycles. The molecule has 32 N–H and O–H groups in total. The Morgan fingerprint density at radius 1 is 0.407 bits per heavy atom. The number of rotatable bonds is 42. The molecule has 0 radical (unpaired) electrons. The van der Waals surface area contributed by atoms with Gasteiger partial charge < -0.3 is 116 Å². The van der Waals surface area contributed by atoms with Crippen molar-refractivity contribution < 1.29 is 48.3 Å². The molecule has 1 aromatic carbocycles. The summed E-state index contributed by atoms with van der Waals surface area (Å²) in [7, 11) is 0. The number of guanidine groups is 5. The molecule has 0 saturated carbocycles. The number of carboxylic acids is 1.